The van der Waals surface area contributed by atoms with Crippen molar-refractivity contribution in [1.29, 1.82) is 0 Å². The van der Waals surface area contributed by atoms with Gasteiger partial charge in [-0.15, -0.1) is 0 Å². The number of hydrogen-bond acceptors (Lipinski definition) is 13. The zero-order valence-electron chi connectivity index (χ0n) is 21.5. The normalized spacial score (nSPS) is 31.8. The third kappa shape index (κ3) is 7.13. The summed E-state index contributed by atoms with van der Waals surface area (Å²) in [6.45, 7) is 0.808. The highest BCUT2D eigenvalue weighted by molar-refractivity contribution is 5.76. The van der Waals surface area contributed by atoms with E-state index in [-0.39, 0.29) is 23.5 Å². The molecule has 0 aliphatic carbocycles. The average molecular weight is 555 g/mol. The lowest BCUT2D eigenvalue weighted by Gasteiger charge is -2.43. The van der Waals surface area contributed by atoms with Crippen LogP contribution in [0.3, 0.4) is 0 Å². The zero-order chi connectivity index (χ0) is 28.7. The first kappa shape index (κ1) is 30.5. The van der Waals surface area contributed by atoms with Gasteiger partial charge in [0.2, 0.25) is 6.29 Å². The quantitative estimate of drug-likeness (QED) is 0.155. The van der Waals surface area contributed by atoms with Crippen LogP contribution >= 0.6 is 0 Å². The van der Waals surface area contributed by atoms with Gasteiger partial charge in [-0.1, -0.05) is 18.2 Å². The zero-order valence-corrected chi connectivity index (χ0v) is 21.5. The molecule has 13 heteroatoms. The molecule has 0 bridgehead atoms. The molecule has 216 valence electrons. The van der Waals surface area contributed by atoms with Gasteiger partial charge in [0.1, 0.15) is 35.8 Å². The molecule has 3 rings (SSSR count). The number of phenolic OH excluding ortho intramolecular Hbond substituents is 1. The number of aliphatic hydroxyl groups excluding tert-OH is 4. The van der Waals surface area contributed by atoms with E-state index in [4.69, 9.17) is 23.7 Å². The van der Waals surface area contributed by atoms with Gasteiger partial charge in [-0.25, -0.2) is 0 Å². The Hall–Kier alpha value is -3.04. The van der Waals surface area contributed by atoms with E-state index in [1.165, 1.54) is 25.1 Å². The monoisotopic (exact) mass is 554 g/mol. The lowest BCUT2D eigenvalue weighted by atomic mass is 9.80. The minimum absolute atomic E-state index is 0.0217. The number of rotatable bonds is 10. The van der Waals surface area contributed by atoms with E-state index in [1.54, 1.807) is 12.1 Å². The summed E-state index contributed by atoms with van der Waals surface area (Å²) in [5.41, 5.74) is -1.38. The Bertz CT molecular complexity index is 1050. The van der Waals surface area contributed by atoms with Gasteiger partial charge in [-0.05, 0) is 24.6 Å². The van der Waals surface area contributed by atoms with E-state index in [0.29, 0.717) is 6.42 Å². The summed E-state index contributed by atoms with van der Waals surface area (Å²) >= 11 is 0. The maximum atomic E-state index is 12.8. The van der Waals surface area contributed by atoms with Crippen molar-refractivity contribution < 1.29 is 63.9 Å². The molecule has 7 atom stereocenters. The highest BCUT2D eigenvalue weighted by Gasteiger charge is 2.50. The Kier molecular flexibility index (Phi) is 10.4. The number of aromatic hydroxyl groups is 1. The van der Waals surface area contributed by atoms with Crippen LogP contribution in [0.2, 0.25) is 0 Å². The minimum Gasteiger partial charge on any atom is -0.508 e. The summed E-state index contributed by atoms with van der Waals surface area (Å²) in [6.07, 6.45) is -7.69. The Morgan fingerprint density at radius 2 is 1.77 bits per heavy atom. The molecule has 13 nitrogen and oxygen atoms in total. The second kappa shape index (κ2) is 13.3. The fourth-order valence-electron chi connectivity index (χ4n) is 4.31. The van der Waals surface area contributed by atoms with Crippen LogP contribution in [0.4, 0.5) is 0 Å². The van der Waals surface area contributed by atoms with Crippen LogP contribution in [0.5, 0.6) is 5.75 Å². The third-order valence-electron chi connectivity index (χ3n) is 6.57. The van der Waals surface area contributed by atoms with E-state index in [0.717, 1.165) is 18.9 Å². The smallest absolute Gasteiger partial charge is 0.309 e. The van der Waals surface area contributed by atoms with Crippen molar-refractivity contribution in [3.63, 3.8) is 0 Å². The first-order valence-corrected chi connectivity index (χ1v) is 12.2. The van der Waals surface area contributed by atoms with E-state index in [9.17, 15) is 40.2 Å². The standard InChI is InChI=1S/C26H34O13/c1-3-17-24(39-25-23(33)22(32)21(31)18(12-27)38-25)37-13-15(10-19(29)35-2)26(17,34)11-20(30)36-9-8-14-4-6-16(28)7-5-14/h3-7,13,18,21-25,27-28,31-34H,8-12H2,1-2H3/b17-3-/t18?,21?,22?,23?,24-,25?,26-/m0/s1. The Morgan fingerprint density at radius 3 is 2.38 bits per heavy atom. The van der Waals surface area contributed by atoms with Crippen LogP contribution in [-0.4, -0.2) is 105 Å². The van der Waals surface area contributed by atoms with Crippen LogP contribution in [0.1, 0.15) is 25.3 Å². The predicted octanol–water partition coefficient (Wildman–Crippen LogP) is -0.835. The maximum Gasteiger partial charge on any atom is 0.309 e. The van der Waals surface area contributed by atoms with Gasteiger partial charge in [-0.2, -0.15) is 0 Å². The predicted molar refractivity (Wildman–Crippen MR) is 131 cm³/mol. The van der Waals surface area contributed by atoms with Crippen molar-refractivity contribution in [3.05, 3.63) is 53.3 Å². The molecule has 5 unspecified atom stereocenters. The van der Waals surface area contributed by atoms with Gasteiger partial charge in [0.05, 0.1) is 39.4 Å². The number of hydrogen-bond donors (Lipinski definition) is 6. The van der Waals surface area contributed by atoms with Gasteiger partial charge in [0, 0.05) is 17.6 Å². The molecular formula is C26H34O13. The molecule has 2 aliphatic rings. The summed E-state index contributed by atoms with van der Waals surface area (Å²) in [7, 11) is 1.16. The molecule has 0 spiro atoms. The molecule has 1 aromatic carbocycles. The van der Waals surface area contributed by atoms with Crippen LogP contribution in [0, 0.1) is 0 Å². The lowest BCUT2D eigenvalue weighted by Crippen LogP contribution is -2.60. The number of benzene rings is 1. The minimum atomic E-state index is -2.13. The average Bonchev–Trinajstić information content (AvgIpc) is 2.91. The highest BCUT2D eigenvalue weighted by Crippen LogP contribution is 2.40. The van der Waals surface area contributed by atoms with Crippen molar-refractivity contribution in [2.45, 2.75) is 68.8 Å². The summed E-state index contributed by atoms with van der Waals surface area (Å²) < 4.78 is 26.6. The number of aliphatic hydroxyl groups is 5. The topological polar surface area (TPSA) is 202 Å². The third-order valence-corrected chi connectivity index (χ3v) is 6.57. The summed E-state index contributed by atoms with van der Waals surface area (Å²) in [5.74, 6) is -1.42. The molecule has 0 amide bonds. The fraction of sp³-hybridized carbons (Fsp3) is 0.538. The second-order valence-electron chi connectivity index (χ2n) is 9.12. The van der Waals surface area contributed by atoms with Crippen LogP contribution in [0.15, 0.2) is 47.7 Å². The van der Waals surface area contributed by atoms with Crippen molar-refractivity contribution >= 4 is 11.9 Å². The van der Waals surface area contributed by atoms with Gasteiger partial charge >= 0.3 is 11.9 Å². The molecule has 6 N–H and O–H groups in total. The number of carbonyl (C=O) groups is 2. The van der Waals surface area contributed by atoms with E-state index < -0.39 is 74.0 Å². The van der Waals surface area contributed by atoms with E-state index in [2.05, 4.69) is 0 Å². The van der Waals surface area contributed by atoms with E-state index in [1.807, 2.05) is 0 Å². The number of esters is 2. The van der Waals surface area contributed by atoms with Crippen LogP contribution < -0.4 is 0 Å². The van der Waals surface area contributed by atoms with Crippen molar-refractivity contribution in [2.75, 3.05) is 20.3 Å². The first-order chi connectivity index (χ1) is 18.5. The summed E-state index contributed by atoms with van der Waals surface area (Å²) in [5, 5.41) is 61.0. The molecule has 1 fully saturated rings. The molecule has 1 aromatic rings. The first-order valence-electron chi connectivity index (χ1n) is 12.2. The largest absolute Gasteiger partial charge is 0.508 e. The number of methoxy groups -OCH3 is 1. The molecule has 1 saturated heterocycles. The number of phenols is 1. The number of allylic oxidation sites excluding steroid dienone is 1. The van der Waals surface area contributed by atoms with Crippen molar-refractivity contribution in [2.24, 2.45) is 0 Å². The lowest BCUT2D eigenvalue weighted by molar-refractivity contribution is -0.329. The Balaban J connectivity index is 1.78. The molecule has 0 saturated carbocycles. The number of carbonyl (C=O) groups excluding carboxylic acids is 2. The van der Waals surface area contributed by atoms with Crippen LogP contribution in [0.25, 0.3) is 0 Å². The highest BCUT2D eigenvalue weighted by atomic mass is 16.8. The van der Waals surface area contributed by atoms with Crippen molar-refractivity contribution in [3.8, 4) is 5.75 Å². The summed E-state index contributed by atoms with van der Waals surface area (Å²) in [4.78, 5) is 24.8. The fourth-order valence-corrected chi connectivity index (χ4v) is 4.31. The molecular weight excluding hydrogens is 520 g/mol. The van der Waals surface area contributed by atoms with E-state index >= 15 is 0 Å². The Labute approximate surface area is 224 Å². The maximum absolute atomic E-state index is 12.8. The second-order valence-corrected chi connectivity index (χ2v) is 9.12. The van der Waals surface area contributed by atoms with Gasteiger partial charge < -0.3 is 54.3 Å². The van der Waals surface area contributed by atoms with Gasteiger partial charge in [0.15, 0.2) is 6.29 Å². The molecule has 0 aromatic heterocycles. The molecule has 2 heterocycles. The molecule has 0 radical (unpaired) electrons. The summed E-state index contributed by atoms with van der Waals surface area (Å²) in [6, 6.07) is 6.34. The van der Waals surface area contributed by atoms with Crippen LogP contribution in [-0.2, 0) is 39.7 Å². The van der Waals surface area contributed by atoms with Crippen molar-refractivity contribution in [1.82, 2.24) is 0 Å². The SMILES string of the molecule is C/C=C1/[C@H](OC2OC(CO)C(O)C(O)C2O)OC=C(CC(=O)OC)[C@@]1(O)CC(=O)OCCc1ccc(O)cc1. The molecule has 39 heavy (non-hydrogen) atoms. The van der Waals surface area contributed by atoms with Gasteiger partial charge in [-0.3, -0.25) is 9.59 Å². The number of ether oxygens (including phenoxy) is 5. The van der Waals surface area contributed by atoms with Gasteiger partial charge in [0.25, 0.3) is 0 Å². The molecule has 2 aliphatic heterocycles. The Morgan fingerprint density at radius 1 is 1.08 bits per heavy atom.